The molecule has 13 heavy (non-hydrogen) atoms. The standard InChI is InChI=1S/C10H8BrFO/c11-9-3-4-10(12)7-2-1-6(13)5-8(7)9/h3-4H,1-2,5H2. The monoisotopic (exact) mass is 242 g/mol. The first-order chi connectivity index (χ1) is 6.18. The molecule has 1 nitrogen and oxygen atoms in total. The number of rotatable bonds is 0. The van der Waals surface area contributed by atoms with Crippen molar-refractivity contribution in [3.63, 3.8) is 0 Å². The average molecular weight is 243 g/mol. The van der Waals surface area contributed by atoms with Crippen molar-refractivity contribution in [3.8, 4) is 0 Å². The molecule has 2 rings (SSSR count). The molecule has 0 aliphatic heterocycles. The first-order valence-electron chi connectivity index (χ1n) is 4.16. The predicted octanol–water partition coefficient (Wildman–Crippen LogP) is 2.65. The maximum atomic E-state index is 13.2. The van der Waals surface area contributed by atoms with Crippen LogP contribution in [0.4, 0.5) is 4.39 Å². The molecule has 0 N–H and O–H groups in total. The van der Waals surface area contributed by atoms with Gasteiger partial charge in [-0.3, -0.25) is 4.79 Å². The van der Waals surface area contributed by atoms with E-state index in [0.717, 1.165) is 10.0 Å². The van der Waals surface area contributed by atoms with Crippen LogP contribution >= 0.6 is 15.9 Å². The summed E-state index contributed by atoms with van der Waals surface area (Å²) in [7, 11) is 0. The van der Waals surface area contributed by atoms with E-state index in [1.807, 2.05) is 0 Å². The molecule has 3 heteroatoms. The molecule has 0 amide bonds. The summed E-state index contributed by atoms with van der Waals surface area (Å²) in [5.41, 5.74) is 1.53. The summed E-state index contributed by atoms with van der Waals surface area (Å²) in [6.07, 6.45) is 1.38. The third kappa shape index (κ3) is 1.53. The lowest BCUT2D eigenvalue weighted by Gasteiger charge is -2.16. The molecule has 0 unspecified atom stereocenters. The minimum atomic E-state index is -0.189. The summed E-state index contributed by atoms with van der Waals surface area (Å²) >= 11 is 3.32. The van der Waals surface area contributed by atoms with Crippen molar-refractivity contribution in [1.29, 1.82) is 0 Å². The summed E-state index contributed by atoms with van der Waals surface area (Å²) in [5, 5.41) is 0. The van der Waals surface area contributed by atoms with E-state index in [2.05, 4.69) is 15.9 Å². The molecule has 0 fully saturated rings. The van der Waals surface area contributed by atoms with Crippen LogP contribution < -0.4 is 0 Å². The van der Waals surface area contributed by atoms with E-state index < -0.39 is 0 Å². The lowest BCUT2D eigenvalue weighted by molar-refractivity contribution is -0.118. The van der Waals surface area contributed by atoms with Gasteiger partial charge in [0.05, 0.1) is 0 Å². The lowest BCUT2D eigenvalue weighted by Crippen LogP contribution is -2.15. The third-order valence-electron chi connectivity index (χ3n) is 2.34. The molecular formula is C10H8BrFO. The van der Waals surface area contributed by atoms with Crippen LogP contribution in [0, 0.1) is 5.82 Å². The molecule has 0 saturated carbocycles. The number of fused-ring (bicyclic) bond motifs is 1. The second-order valence-corrected chi connectivity index (χ2v) is 4.06. The maximum absolute atomic E-state index is 13.2. The molecule has 0 atom stereocenters. The minimum absolute atomic E-state index is 0.189. The van der Waals surface area contributed by atoms with Gasteiger partial charge in [0.25, 0.3) is 0 Å². The van der Waals surface area contributed by atoms with Gasteiger partial charge in [-0.1, -0.05) is 15.9 Å². The van der Waals surface area contributed by atoms with Crippen molar-refractivity contribution in [3.05, 3.63) is 33.5 Å². The summed E-state index contributed by atoms with van der Waals surface area (Å²) in [5.74, 6) is 0.00417. The maximum Gasteiger partial charge on any atom is 0.137 e. The van der Waals surface area contributed by atoms with Gasteiger partial charge >= 0.3 is 0 Å². The number of halogens is 2. The molecule has 0 spiro atoms. The topological polar surface area (TPSA) is 17.1 Å². The SMILES string of the molecule is O=C1CCc2c(F)ccc(Br)c2C1. The molecular weight excluding hydrogens is 235 g/mol. The van der Waals surface area contributed by atoms with E-state index in [4.69, 9.17) is 0 Å². The first-order valence-corrected chi connectivity index (χ1v) is 4.95. The second-order valence-electron chi connectivity index (χ2n) is 3.20. The highest BCUT2D eigenvalue weighted by Crippen LogP contribution is 2.28. The highest BCUT2D eigenvalue weighted by molar-refractivity contribution is 9.10. The quantitative estimate of drug-likeness (QED) is 0.684. The zero-order valence-electron chi connectivity index (χ0n) is 6.94. The van der Waals surface area contributed by atoms with Crippen LogP contribution in [-0.2, 0) is 17.6 Å². The van der Waals surface area contributed by atoms with Crippen molar-refractivity contribution in [2.75, 3.05) is 0 Å². The molecule has 1 aromatic rings. The summed E-state index contributed by atoms with van der Waals surface area (Å²) in [6, 6.07) is 3.10. The molecule has 0 bridgehead atoms. The fourth-order valence-corrected chi connectivity index (χ4v) is 2.16. The van der Waals surface area contributed by atoms with Gasteiger partial charge in [-0.2, -0.15) is 0 Å². The van der Waals surface area contributed by atoms with Crippen molar-refractivity contribution in [2.24, 2.45) is 0 Å². The Morgan fingerprint density at radius 3 is 2.77 bits per heavy atom. The number of ketones is 1. The number of carbonyl (C=O) groups excluding carboxylic acids is 1. The first kappa shape index (κ1) is 8.88. The van der Waals surface area contributed by atoms with Crippen molar-refractivity contribution in [2.45, 2.75) is 19.3 Å². The lowest BCUT2D eigenvalue weighted by atomic mass is 9.90. The number of hydrogen-bond donors (Lipinski definition) is 0. The molecule has 0 heterocycles. The fourth-order valence-electron chi connectivity index (χ4n) is 1.65. The van der Waals surface area contributed by atoms with Crippen LogP contribution in [0.1, 0.15) is 17.5 Å². The van der Waals surface area contributed by atoms with Crippen molar-refractivity contribution < 1.29 is 9.18 Å². The van der Waals surface area contributed by atoms with Crippen LogP contribution in [0.25, 0.3) is 0 Å². The third-order valence-corrected chi connectivity index (χ3v) is 3.09. The van der Waals surface area contributed by atoms with Gasteiger partial charge in [0.1, 0.15) is 11.6 Å². The number of carbonyl (C=O) groups is 1. The summed E-state index contributed by atoms with van der Waals surface area (Å²) in [6.45, 7) is 0. The Hall–Kier alpha value is -0.700. The Bertz CT molecular complexity index is 373. The molecule has 1 aliphatic carbocycles. The highest BCUT2D eigenvalue weighted by atomic mass is 79.9. The molecule has 0 aromatic heterocycles. The Morgan fingerprint density at radius 2 is 2.00 bits per heavy atom. The summed E-state index contributed by atoms with van der Waals surface area (Å²) < 4.78 is 14.1. The zero-order valence-corrected chi connectivity index (χ0v) is 8.53. The Morgan fingerprint density at radius 1 is 1.23 bits per heavy atom. The minimum Gasteiger partial charge on any atom is -0.299 e. The molecule has 68 valence electrons. The second kappa shape index (κ2) is 3.22. The molecule has 0 radical (unpaired) electrons. The van der Waals surface area contributed by atoms with Crippen molar-refractivity contribution >= 4 is 21.7 Å². The van der Waals surface area contributed by atoms with E-state index in [0.29, 0.717) is 24.8 Å². The number of hydrogen-bond acceptors (Lipinski definition) is 1. The van der Waals surface area contributed by atoms with Crippen LogP contribution in [0.3, 0.4) is 0 Å². The van der Waals surface area contributed by atoms with E-state index >= 15 is 0 Å². The van der Waals surface area contributed by atoms with Gasteiger partial charge < -0.3 is 0 Å². The average Bonchev–Trinajstić information content (AvgIpc) is 2.12. The normalized spacial score (nSPS) is 15.7. The van der Waals surface area contributed by atoms with Crippen molar-refractivity contribution in [1.82, 2.24) is 0 Å². The van der Waals surface area contributed by atoms with Gasteiger partial charge in [-0.05, 0) is 29.7 Å². The van der Waals surface area contributed by atoms with Gasteiger partial charge in [0.15, 0.2) is 0 Å². The highest BCUT2D eigenvalue weighted by Gasteiger charge is 2.20. The molecule has 1 aliphatic rings. The van der Waals surface area contributed by atoms with Crippen LogP contribution in [0.2, 0.25) is 0 Å². The molecule has 1 aromatic carbocycles. The zero-order chi connectivity index (χ0) is 9.42. The van der Waals surface area contributed by atoms with Gasteiger partial charge in [0, 0.05) is 17.3 Å². The van der Waals surface area contributed by atoms with Gasteiger partial charge in [-0.15, -0.1) is 0 Å². The van der Waals surface area contributed by atoms with Gasteiger partial charge in [-0.25, -0.2) is 4.39 Å². The van der Waals surface area contributed by atoms with E-state index in [-0.39, 0.29) is 11.6 Å². The van der Waals surface area contributed by atoms with E-state index in [1.54, 1.807) is 6.07 Å². The summed E-state index contributed by atoms with van der Waals surface area (Å²) in [4.78, 5) is 11.1. The van der Waals surface area contributed by atoms with Crippen LogP contribution in [0.5, 0.6) is 0 Å². The van der Waals surface area contributed by atoms with E-state index in [9.17, 15) is 9.18 Å². The number of Topliss-reactive ketones (excluding diaryl/α,β-unsaturated/α-hetero) is 1. The predicted molar refractivity (Wildman–Crippen MR) is 51.1 cm³/mol. The van der Waals surface area contributed by atoms with E-state index in [1.165, 1.54) is 6.07 Å². The Balaban J connectivity index is 2.57. The Labute approximate surface area is 84.1 Å². The largest absolute Gasteiger partial charge is 0.299 e. The fraction of sp³-hybridized carbons (Fsp3) is 0.300. The smallest absolute Gasteiger partial charge is 0.137 e. The Kier molecular flexibility index (Phi) is 2.20. The number of benzene rings is 1. The van der Waals surface area contributed by atoms with Crippen LogP contribution in [-0.4, -0.2) is 5.78 Å². The van der Waals surface area contributed by atoms with Crippen LogP contribution in [0.15, 0.2) is 16.6 Å². The van der Waals surface area contributed by atoms with Gasteiger partial charge in [0.2, 0.25) is 0 Å². The molecule has 0 saturated heterocycles.